The van der Waals surface area contributed by atoms with Crippen molar-refractivity contribution in [3.05, 3.63) is 65.7 Å². The molecule has 1 heterocycles. The summed E-state index contributed by atoms with van der Waals surface area (Å²) in [4.78, 5) is 2.53. The monoisotopic (exact) mass is 380 g/mol. The molecule has 3 atom stereocenters. The maximum Gasteiger partial charge on any atom is 0.118 e. The van der Waals surface area contributed by atoms with Crippen molar-refractivity contribution in [3.8, 4) is 5.75 Å². The van der Waals surface area contributed by atoms with Gasteiger partial charge in [0.2, 0.25) is 0 Å². The van der Waals surface area contributed by atoms with Gasteiger partial charge in [0.25, 0.3) is 0 Å². The maximum atomic E-state index is 5.25. The topological polar surface area (TPSA) is 24.5 Å². The molecule has 3 nitrogen and oxygen atoms in total. The zero-order valence-electron chi connectivity index (χ0n) is 17.9. The average molecular weight is 381 g/mol. The molecule has 2 aromatic rings. The van der Waals surface area contributed by atoms with Crippen molar-refractivity contribution in [1.29, 1.82) is 0 Å². The van der Waals surface area contributed by atoms with Crippen LogP contribution in [0.2, 0.25) is 0 Å². The third-order valence-electron chi connectivity index (χ3n) is 6.75. The molecule has 0 saturated carbocycles. The van der Waals surface area contributed by atoms with Crippen LogP contribution >= 0.6 is 0 Å². The highest BCUT2D eigenvalue weighted by atomic mass is 16.5. The summed E-state index contributed by atoms with van der Waals surface area (Å²) in [5.41, 5.74) is 3.14. The molecule has 0 bridgehead atoms. The summed E-state index contributed by atoms with van der Waals surface area (Å²) in [5.74, 6) is 1.61. The SMILES string of the molecule is COc1ccc(CNCC[C@]2(Cc3ccccc3)C[C@@H](C)N(C)C[C@@H]2C)cc1. The molecule has 0 spiro atoms. The molecule has 0 amide bonds. The van der Waals surface area contributed by atoms with Gasteiger partial charge >= 0.3 is 0 Å². The number of rotatable bonds is 8. The van der Waals surface area contributed by atoms with Crippen LogP contribution in [0.4, 0.5) is 0 Å². The molecule has 1 N–H and O–H groups in total. The number of likely N-dealkylation sites (tertiary alicyclic amines) is 1. The van der Waals surface area contributed by atoms with E-state index in [0.29, 0.717) is 17.4 Å². The first-order chi connectivity index (χ1) is 13.5. The number of nitrogens with zero attached hydrogens (tertiary/aromatic N) is 1. The lowest BCUT2D eigenvalue weighted by atomic mass is 9.63. The van der Waals surface area contributed by atoms with E-state index in [0.717, 1.165) is 18.8 Å². The summed E-state index contributed by atoms with van der Waals surface area (Å²) in [6.45, 7) is 7.99. The fourth-order valence-corrected chi connectivity index (χ4v) is 4.75. The van der Waals surface area contributed by atoms with Gasteiger partial charge in [-0.2, -0.15) is 0 Å². The molecular formula is C25H36N2O. The predicted octanol–water partition coefficient (Wildman–Crippen LogP) is 4.76. The third-order valence-corrected chi connectivity index (χ3v) is 6.75. The zero-order valence-corrected chi connectivity index (χ0v) is 17.9. The average Bonchev–Trinajstić information content (AvgIpc) is 2.71. The van der Waals surface area contributed by atoms with E-state index < -0.39 is 0 Å². The first kappa shape index (κ1) is 20.9. The van der Waals surface area contributed by atoms with E-state index in [-0.39, 0.29) is 0 Å². The number of hydrogen-bond acceptors (Lipinski definition) is 3. The second-order valence-corrected chi connectivity index (χ2v) is 8.69. The Kier molecular flexibility index (Phi) is 7.14. The van der Waals surface area contributed by atoms with Crippen LogP contribution in [0.15, 0.2) is 54.6 Å². The number of methoxy groups -OCH3 is 1. The van der Waals surface area contributed by atoms with Crippen molar-refractivity contribution in [1.82, 2.24) is 10.2 Å². The summed E-state index contributed by atoms with van der Waals surface area (Å²) in [6, 6.07) is 20.1. The zero-order chi connectivity index (χ0) is 20.0. The maximum absolute atomic E-state index is 5.25. The van der Waals surface area contributed by atoms with E-state index in [9.17, 15) is 0 Å². The van der Waals surface area contributed by atoms with Crippen molar-refractivity contribution in [2.75, 3.05) is 27.2 Å². The van der Waals surface area contributed by atoms with Crippen molar-refractivity contribution in [3.63, 3.8) is 0 Å². The molecule has 1 fully saturated rings. The first-order valence-corrected chi connectivity index (χ1v) is 10.6. The minimum atomic E-state index is 0.361. The Hall–Kier alpha value is -1.84. The summed E-state index contributed by atoms with van der Waals surface area (Å²) in [5, 5.41) is 3.69. The number of hydrogen-bond donors (Lipinski definition) is 1. The van der Waals surface area contributed by atoms with Gasteiger partial charge in [0.15, 0.2) is 0 Å². The fraction of sp³-hybridized carbons (Fsp3) is 0.520. The molecule has 28 heavy (non-hydrogen) atoms. The summed E-state index contributed by atoms with van der Waals surface area (Å²) in [6.07, 6.45) is 3.67. The van der Waals surface area contributed by atoms with Gasteiger partial charge < -0.3 is 15.0 Å². The van der Waals surface area contributed by atoms with Crippen LogP contribution in [0.25, 0.3) is 0 Å². The summed E-state index contributed by atoms with van der Waals surface area (Å²) in [7, 11) is 3.98. The van der Waals surface area contributed by atoms with E-state index in [4.69, 9.17) is 4.74 Å². The van der Waals surface area contributed by atoms with Gasteiger partial charge in [-0.3, -0.25) is 0 Å². The van der Waals surface area contributed by atoms with Gasteiger partial charge in [-0.1, -0.05) is 49.4 Å². The van der Waals surface area contributed by atoms with E-state index in [1.165, 1.54) is 36.9 Å². The van der Waals surface area contributed by atoms with Crippen molar-refractivity contribution in [2.24, 2.45) is 11.3 Å². The summed E-state index contributed by atoms with van der Waals surface area (Å²) < 4.78 is 5.25. The lowest BCUT2D eigenvalue weighted by Crippen LogP contribution is -2.51. The minimum Gasteiger partial charge on any atom is -0.497 e. The Bertz CT molecular complexity index is 715. The molecule has 0 aliphatic carbocycles. The van der Waals surface area contributed by atoms with Crippen LogP contribution in [0.1, 0.15) is 37.8 Å². The highest BCUT2D eigenvalue weighted by molar-refractivity contribution is 5.27. The van der Waals surface area contributed by atoms with Crippen molar-refractivity contribution in [2.45, 2.75) is 45.7 Å². The Morgan fingerprint density at radius 3 is 2.43 bits per heavy atom. The molecule has 0 aromatic heterocycles. The lowest BCUT2D eigenvalue weighted by Gasteiger charge is -2.49. The van der Waals surface area contributed by atoms with Gasteiger partial charge in [-0.05, 0) is 74.4 Å². The Balaban J connectivity index is 1.63. The lowest BCUT2D eigenvalue weighted by molar-refractivity contribution is 0.0132. The predicted molar refractivity (Wildman–Crippen MR) is 118 cm³/mol. The van der Waals surface area contributed by atoms with Gasteiger partial charge in [0.05, 0.1) is 7.11 Å². The van der Waals surface area contributed by atoms with E-state index in [1.54, 1.807) is 7.11 Å². The van der Waals surface area contributed by atoms with E-state index >= 15 is 0 Å². The quantitative estimate of drug-likeness (QED) is 0.668. The molecule has 1 aliphatic heterocycles. The molecule has 1 saturated heterocycles. The summed E-state index contributed by atoms with van der Waals surface area (Å²) >= 11 is 0. The number of piperidine rings is 1. The van der Waals surface area contributed by atoms with Gasteiger partial charge in [0, 0.05) is 19.1 Å². The second kappa shape index (κ2) is 9.58. The molecule has 0 radical (unpaired) electrons. The third kappa shape index (κ3) is 5.15. The van der Waals surface area contributed by atoms with Crippen LogP contribution in [-0.4, -0.2) is 38.2 Å². The van der Waals surface area contributed by atoms with Gasteiger partial charge in [-0.25, -0.2) is 0 Å². The van der Waals surface area contributed by atoms with Crippen LogP contribution in [0, 0.1) is 11.3 Å². The number of benzene rings is 2. The molecule has 3 rings (SSSR count). The normalized spacial score (nSPS) is 25.6. The number of ether oxygens (including phenoxy) is 1. The molecule has 3 heteroatoms. The minimum absolute atomic E-state index is 0.361. The molecular weight excluding hydrogens is 344 g/mol. The highest BCUT2D eigenvalue weighted by Gasteiger charge is 2.42. The van der Waals surface area contributed by atoms with Gasteiger partial charge in [-0.15, -0.1) is 0 Å². The van der Waals surface area contributed by atoms with Crippen LogP contribution in [-0.2, 0) is 13.0 Å². The number of nitrogens with one attached hydrogen (secondary N) is 1. The van der Waals surface area contributed by atoms with Crippen molar-refractivity contribution >= 4 is 0 Å². The van der Waals surface area contributed by atoms with Crippen LogP contribution in [0.3, 0.4) is 0 Å². The van der Waals surface area contributed by atoms with E-state index in [1.807, 2.05) is 12.1 Å². The van der Waals surface area contributed by atoms with Crippen LogP contribution < -0.4 is 10.1 Å². The van der Waals surface area contributed by atoms with Crippen LogP contribution in [0.5, 0.6) is 5.75 Å². The first-order valence-electron chi connectivity index (χ1n) is 10.6. The molecule has 152 valence electrons. The van der Waals surface area contributed by atoms with Crippen molar-refractivity contribution < 1.29 is 4.74 Å². The smallest absolute Gasteiger partial charge is 0.118 e. The standard InChI is InChI=1S/C25H36N2O/c1-20-19-27(3)21(2)16-25(20,17-22-8-6-5-7-9-22)14-15-26-18-23-10-12-24(28-4)13-11-23/h5-13,20-21,26H,14-19H2,1-4H3/t20-,21+,25+/m0/s1. The van der Waals surface area contributed by atoms with E-state index in [2.05, 4.69) is 73.6 Å². The fourth-order valence-electron chi connectivity index (χ4n) is 4.75. The Morgan fingerprint density at radius 2 is 1.75 bits per heavy atom. The second-order valence-electron chi connectivity index (χ2n) is 8.69. The van der Waals surface area contributed by atoms with Gasteiger partial charge in [0.1, 0.15) is 5.75 Å². The Labute approximate surface area is 171 Å². The molecule has 1 aliphatic rings. The Morgan fingerprint density at radius 1 is 1.04 bits per heavy atom. The largest absolute Gasteiger partial charge is 0.497 e. The molecule has 2 aromatic carbocycles. The molecule has 0 unspecified atom stereocenters. The highest BCUT2D eigenvalue weighted by Crippen LogP contribution is 2.44.